The Labute approximate surface area is 234 Å². The van der Waals surface area contributed by atoms with E-state index in [1.54, 1.807) is 6.07 Å². The van der Waals surface area contributed by atoms with Gasteiger partial charge in [0.25, 0.3) is 0 Å². The number of benzene rings is 1. The maximum absolute atomic E-state index is 8.12. The first kappa shape index (κ1) is 28.5. The molecule has 2 aliphatic heterocycles. The van der Waals surface area contributed by atoms with Gasteiger partial charge < -0.3 is 9.80 Å². The molecule has 2 fully saturated rings. The molecule has 4 atom stereocenters. The normalized spacial score (nSPS) is 23.0. The van der Waals surface area contributed by atoms with Crippen molar-refractivity contribution in [2.75, 3.05) is 37.6 Å². The van der Waals surface area contributed by atoms with Crippen LogP contribution in [0.2, 0.25) is 10.0 Å². The first-order chi connectivity index (χ1) is 18.3. The van der Waals surface area contributed by atoms with Crippen molar-refractivity contribution in [1.29, 1.82) is 0 Å². The average molecular weight is 560 g/mol. The second kappa shape index (κ2) is 12.6. The molecule has 8 nitrogen and oxygen atoms in total. The van der Waals surface area contributed by atoms with E-state index in [1.807, 2.05) is 29.9 Å². The number of fused-ring (bicyclic) bond motifs is 1. The second-order valence-corrected chi connectivity index (χ2v) is 11.4. The second-order valence-electron chi connectivity index (χ2n) is 10.5. The van der Waals surface area contributed by atoms with Crippen LogP contribution in [0.5, 0.6) is 0 Å². The molecule has 10 heteroatoms. The van der Waals surface area contributed by atoms with Crippen molar-refractivity contribution in [3.8, 4) is 0 Å². The fraction of sp³-hybridized carbons (Fsp3) is 0.571. The molecular weight excluding hydrogens is 523 g/mol. The number of hydrogen-bond acceptors (Lipinski definition) is 7. The quantitative estimate of drug-likeness (QED) is 0.399. The first-order valence-electron chi connectivity index (χ1n) is 13.4. The number of rotatable bonds is 5. The van der Waals surface area contributed by atoms with Crippen molar-refractivity contribution in [1.82, 2.24) is 24.6 Å². The number of anilines is 1. The minimum Gasteiger partial charge on any atom is -0.355 e. The summed E-state index contributed by atoms with van der Waals surface area (Å²) in [5, 5.41) is 6.06. The van der Waals surface area contributed by atoms with Gasteiger partial charge in [-0.15, -0.1) is 0 Å². The summed E-state index contributed by atoms with van der Waals surface area (Å²) in [6, 6.07) is 5.53. The number of aryl methyl sites for hydroxylation is 1. The molecule has 1 aromatic carbocycles. The molecule has 0 N–H and O–H groups in total. The van der Waals surface area contributed by atoms with E-state index in [0.29, 0.717) is 16.0 Å². The number of aromatic nitrogens is 4. The Kier molecular flexibility index (Phi) is 9.42. The predicted octanol–water partition coefficient (Wildman–Crippen LogP) is 5.66. The number of likely N-dealkylation sites (tertiary alicyclic amines) is 1. The number of hydrogen-bond donors (Lipinski definition) is 0. The van der Waals surface area contributed by atoms with Gasteiger partial charge in [-0.25, -0.2) is 14.6 Å². The van der Waals surface area contributed by atoms with Crippen LogP contribution in [-0.2, 0) is 9.59 Å². The van der Waals surface area contributed by atoms with Gasteiger partial charge in [0.05, 0.1) is 17.9 Å². The molecule has 0 aliphatic carbocycles. The van der Waals surface area contributed by atoms with Crippen LogP contribution >= 0.6 is 23.2 Å². The van der Waals surface area contributed by atoms with Crippen LogP contribution in [0.15, 0.2) is 24.4 Å². The lowest BCUT2D eigenvalue weighted by Crippen LogP contribution is -2.46. The summed E-state index contributed by atoms with van der Waals surface area (Å²) in [6.07, 6.45) is 6.11. The summed E-state index contributed by atoms with van der Waals surface area (Å²) in [7, 11) is 0. The monoisotopic (exact) mass is 558 g/mol. The molecule has 0 spiro atoms. The molecule has 3 aromatic rings. The van der Waals surface area contributed by atoms with Gasteiger partial charge in [-0.1, -0.05) is 43.1 Å². The number of halogens is 2. The Balaban J connectivity index is 0.00000107. The molecule has 0 radical (unpaired) electrons. The van der Waals surface area contributed by atoms with Gasteiger partial charge in [0.15, 0.2) is 5.65 Å². The average Bonchev–Trinajstić information content (AvgIpc) is 3.24. The van der Waals surface area contributed by atoms with Gasteiger partial charge in [-0.2, -0.15) is 14.7 Å². The summed E-state index contributed by atoms with van der Waals surface area (Å²) in [5.74, 6) is 3.19. The first-order valence-corrected chi connectivity index (χ1v) is 14.2. The predicted molar refractivity (Wildman–Crippen MR) is 150 cm³/mol. The fourth-order valence-corrected chi connectivity index (χ4v) is 6.80. The largest absolute Gasteiger partial charge is 0.373 e. The Hall–Kier alpha value is -2.51. The van der Waals surface area contributed by atoms with Gasteiger partial charge in [-0.05, 0) is 81.6 Å². The highest BCUT2D eigenvalue weighted by molar-refractivity contribution is 6.35. The lowest BCUT2D eigenvalue weighted by Gasteiger charge is -2.44. The van der Waals surface area contributed by atoms with Crippen LogP contribution in [0.3, 0.4) is 0 Å². The van der Waals surface area contributed by atoms with Crippen molar-refractivity contribution in [3.63, 3.8) is 0 Å². The number of carbonyl (C=O) groups excluding carboxylic acids is 2. The van der Waals surface area contributed by atoms with Crippen LogP contribution in [0.4, 0.5) is 5.82 Å². The maximum atomic E-state index is 8.12. The molecular formula is C28H36Cl2N6O2. The summed E-state index contributed by atoms with van der Waals surface area (Å²) in [6.45, 7) is 14.6. The molecule has 38 heavy (non-hydrogen) atoms. The molecule has 204 valence electrons. The van der Waals surface area contributed by atoms with Gasteiger partial charge in [-0.3, -0.25) is 0 Å². The highest BCUT2D eigenvalue weighted by Gasteiger charge is 2.35. The standard InChI is InChI=1S/C27H36Cl2N6.CO2/c1-5-33-11-6-7-20(16-33)22-10-12-34(15-17(22)2)25-14-30-26-18(3)32-35(27(26)31-25)19(4)23-9-8-21(28)13-24(23)29;2-1-3/h8-9,13-14,17,19-20,22H,5-7,10-12,15-16H2,1-4H3;. The molecule has 4 unspecified atom stereocenters. The lowest BCUT2D eigenvalue weighted by molar-refractivity contribution is -0.191. The third kappa shape index (κ3) is 6.04. The zero-order valence-electron chi connectivity index (χ0n) is 22.5. The molecule has 2 saturated heterocycles. The topological polar surface area (TPSA) is 84.2 Å². The molecule has 0 bridgehead atoms. The van der Waals surface area contributed by atoms with Crippen LogP contribution in [0.25, 0.3) is 11.2 Å². The van der Waals surface area contributed by atoms with Gasteiger partial charge in [0.1, 0.15) is 11.3 Å². The molecule has 2 aliphatic rings. The zero-order valence-corrected chi connectivity index (χ0v) is 24.0. The highest BCUT2D eigenvalue weighted by Crippen LogP contribution is 2.37. The van der Waals surface area contributed by atoms with Crippen molar-refractivity contribution in [2.45, 2.75) is 53.0 Å². The Morgan fingerprint density at radius 3 is 2.61 bits per heavy atom. The summed E-state index contributed by atoms with van der Waals surface area (Å²) < 4.78 is 1.95. The van der Waals surface area contributed by atoms with E-state index in [9.17, 15) is 0 Å². The van der Waals surface area contributed by atoms with Crippen LogP contribution in [0, 0.1) is 24.7 Å². The van der Waals surface area contributed by atoms with Gasteiger partial charge in [0.2, 0.25) is 0 Å². The van der Waals surface area contributed by atoms with Gasteiger partial charge in [0, 0.05) is 29.7 Å². The molecule has 0 saturated carbocycles. The summed E-state index contributed by atoms with van der Waals surface area (Å²) in [4.78, 5) is 31.2. The van der Waals surface area contributed by atoms with Crippen LogP contribution < -0.4 is 4.90 Å². The number of piperidine rings is 2. The van der Waals surface area contributed by atoms with Gasteiger partial charge >= 0.3 is 6.15 Å². The summed E-state index contributed by atoms with van der Waals surface area (Å²) in [5.41, 5.74) is 3.49. The molecule has 5 rings (SSSR count). The van der Waals surface area contributed by atoms with E-state index in [2.05, 4.69) is 30.6 Å². The molecule has 2 aromatic heterocycles. The van der Waals surface area contributed by atoms with Crippen molar-refractivity contribution in [2.24, 2.45) is 17.8 Å². The zero-order chi connectivity index (χ0) is 27.4. The Morgan fingerprint density at radius 1 is 1.16 bits per heavy atom. The minimum atomic E-state index is -0.0852. The lowest BCUT2D eigenvalue weighted by atomic mass is 9.74. The third-order valence-corrected chi connectivity index (χ3v) is 8.79. The molecule has 0 amide bonds. The summed E-state index contributed by atoms with van der Waals surface area (Å²) >= 11 is 12.6. The Morgan fingerprint density at radius 2 is 1.92 bits per heavy atom. The van der Waals surface area contributed by atoms with E-state index in [1.165, 1.54) is 38.9 Å². The molecule has 4 heterocycles. The van der Waals surface area contributed by atoms with E-state index >= 15 is 0 Å². The highest BCUT2D eigenvalue weighted by atomic mass is 35.5. The van der Waals surface area contributed by atoms with Crippen LogP contribution in [0.1, 0.15) is 57.3 Å². The van der Waals surface area contributed by atoms with E-state index in [4.69, 9.17) is 47.9 Å². The van der Waals surface area contributed by atoms with Crippen molar-refractivity contribution >= 4 is 46.3 Å². The maximum Gasteiger partial charge on any atom is 0.373 e. The SMILES string of the molecule is CCN1CCCC(C2CCN(c3cnc4c(C)nn(C(C)c5ccc(Cl)cc5Cl)c4n3)CC2C)C1.O=C=O. The smallest absolute Gasteiger partial charge is 0.355 e. The third-order valence-electron chi connectivity index (χ3n) is 8.23. The van der Waals surface area contributed by atoms with E-state index in [-0.39, 0.29) is 12.2 Å². The van der Waals surface area contributed by atoms with Crippen LogP contribution in [-0.4, -0.2) is 63.5 Å². The van der Waals surface area contributed by atoms with E-state index < -0.39 is 0 Å². The van der Waals surface area contributed by atoms with Crippen molar-refractivity contribution < 1.29 is 9.59 Å². The Bertz CT molecular complexity index is 1290. The fourth-order valence-electron chi connectivity index (χ4n) is 6.24. The minimum absolute atomic E-state index is 0.0852. The van der Waals surface area contributed by atoms with Crippen molar-refractivity contribution in [3.05, 3.63) is 45.7 Å². The van der Waals surface area contributed by atoms with E-state index in [0.717, 1.165) is 53.2 Å². The number of nitrogens with zero attached hydrogens (tertiary/aromatic N) is 6.